The van der Waals surface area contributed by atoms with Gasteiger partial charge in [0.15, 0.2) is 11.5 Å². The maximum atomic E-state index is 11.2. The number of carbonyl (C=O) groups excluding carboxylic acids is 1. The number of amides is 1. The molecule has 1 saturated carbocycles. The lowest BCUT2D eigenvalue weighted by molar-refractivity contribution is 0.0841. The number of nitrogens with zero attached hydrogens (tertiary/aromatic N) is 5. The number of halogens is 1. The molecule has 2 aromatic rings. The van der Waals surface area contributed by atoms with E-state index in [0.29, 0.717) is 16.6 Å². The van der Waals surface area contributed by atoms with Crippen molar-refractivity contribution in [3.05, 3.63) is 46.1 Å². The summed E-state index contributed by atoms with van der Waals surface area (Å²) < 4.78 is 6.23. The van der Waals surface area contributed by atoms with Gasteiger partial charge in [-0.05, 0) is 56.9 Å². The van der Waals surface area contributed by atoms with Crippen molar-refractivity contribution in [1.29, 1.82) is 5.26 Å². The van der Waals surface area contributed by atoms with Gasteiger partial charge in [0.1, 0.15) is 11.8 Å². The van der Waals surface area contributed by atoms with Crippen molar-refractivity contribution in [3.8, 4) is 11.8 Å². The number of carbonyl (C=O) groups is 1. The molecule has 4 rings (SSSR count). The molecule has 1 amide bonds. The van der Waals surface area contributed by atoms with Crippen LogP contribution in [-0.2, 0) is 0 Å². The highest BCUT2D eigenvalue weighted by Crippen LogP contribution is 2.33. The summed E-state index contributed by atoms with van der Waals surface area (Å²) in [6, 6.07) is 9.68. The molecule has 2 aliphatic rings. The van der Waals surface area contributed by atoms with Crippen molar-refractivity contribution in [2.75, 3.05) is 31.1 Å². The molecule has 2 N–H and O–H groups in total. The van der Waals surface area contributed by atoms with Gasteiger partial charge in [-0.2, -0.15) is 5.26 Å². The van der Waals surface area contributed by atoms with Gasteiger partial charge in [-0.3, -0.25) is 9.69 Å². The van der Waals surface area contributed by atoms with Crippen molar-refractivity contribution < 1.29 is 9.53 Å². The van der Waals surface area contributed by atoms with Crippen LogP contribution in [0.5, 0.6) is 5.75 Å². The molecule has 9 heteroatoms. The van der Waals surface area contributed by atoms with Gasteiger partial charge in [0.05, 0.1) is 16.7 Å². The monoisotopic (exact) mass is 454 g/mol. The topological polar surface area (TPSA) is 108 Å². The van der Waals surface area contributed by atoms with E-state index in [1.807, 2.05) is 19.1 Å². The zero-order valence-corrected chi connectivity index (χ0v) is 18.9. The van der Waals surface area contributed by atoms with Crippen LogP contribution in [0.3, 0.4) is 0 Å². The number of aromatic nitrogens is 2. The first-order valence-electron chi connectivity index (χ1n) is 10.9. The highest BCUT2D eigenvalue weighted by molar-refractivity contribution is 6.32. The Balaban J connectivity index is 1.26. The lowest BCUT2D eigenvalue weighted by Gasteiger charge is -2.42. The normalized spacial score (nSPS) is 21.7. The second-order valence-electron chi connectivity index (χ2n) is 8.37. The highest BCUT2D eigenvalue weighted by Gasteiger charge is 2.30. The number of nitriles is 1. The summed E-state index contributed by atoms with van der Waals surface area (Å²) in [5, 5.41) is 17.6. The smallest absolute Gasteiger partial charge is 0.269 e. The standard InChI is InChI=1S/C23H27ClN6O2/c1-15-20(8-2-16(14-25)22(15)24)32-18-5-3-17(4-6-18)29-10-12-30(13-11-29)21-9-7-19(23(26)31)27-28-21/h2,7-9,17-18H,3-6,10-13H2,1H3,(H2,26,31). The van der Waals surface area contributed by atoms with Gasteiger partial charge in [0.2, 0.25) is 0 Å². The molecule has 0 radical (unpaired) electrons. The summed E-state index contributed by atoms with van der Waals surface area (Å²) in [4.78, 5) is 15.9. The number of primary amides is 1. The van der Waals surface area contributed by atoms with E-state index in [0.717, 1.165) is 69.0 Å². The van der Waals surface area contributed by atoms with Gasteiger partial charge >= 0.3 is 0 Å². The highest BCUT2D eigenvalue weighted by atomic mass is 35.5. The summed E-state index contributed by atoms with van der Waals surface area (Å²) in [5.41, 5.74) is 6.73. The number of hydrogen-bond donors (Lipinski definition) is 1. The molecule has 1 aliphatic heterocycles. The minimum atomic E-state index is -0.564. The van der Waals surface area contributed by atoms with Crippen LogP contribution >= 0.6 is 11.6 Å². The van der Waals surface area contributed by atoms with Crippen LogP contribution in [0.4, 0.5) is 5.82 Å². The van der Waals surface area contributed by atoms with Crippen LogP contribution in [0.25, 0.3) is 0 Å². The predicted octanol–water partition coefficient (Wildman–Crippen LogP) is 2.92. The number of nitrogens with two attached hydrogens (primary N) is 1. The molecule has 0 unspecified atom stereocenters. The summed E-state index contributed by atoms with van der Waals surface area (Å²) in [5.74, 6) is 0.989. The molecule has 1 aromatic carbocycles. The predicted molar refractivity (Wildman–Crippen MR) is 122 cm³/mol. The largest absolute Gasteiger partial charge is 0.490 e. The SMILES string of the molecule is Cc1c(OC2CCC(N3CCN(c4ccc(C(N)=O)nn4)CC3)CC2)ccc(C#N)c1Cl. The van der Waals surface area contributed by atoms with Gasteiger partial charge in [-0.15, -0.1) is 10.2 Å². The summed E-state index contributed by atoms with van der Waals surface area (Å²) >= 11 is 6.28. The molecule has 1 aliphatic carbocycles. The molecule has 0 bridgehead atoms. The lowest BCUT2D eigenvalue weighted by atomic mass is 9.91. The Hall–Kier alpha value is -2.89. The quantitative estimate of drug-likeness (QED) is 0.739. The van der Waals surface area contributed by atoms with Gasteiger partial charge < -0.3 is 15.4 Å². The molecule has 2 heterocycles. The molecule has 168 valence electrons. The maximum Gasteiger partial charge on any atom is 0.269 e. The fourth-order valence-corrected chi connectivity index (χ4v) is 4.73. The first kappa shape index (κ1) is 22.3. The molecular weight excluding hydrogens is 428 g/mol. The van der Waals surface area contributed by atoms with Gasteiger partial charge in [0, 0.05) is 37.8 Å². The maximum absolute atomic E-state index is 11.2. The van der Waals surface area contributed by atoms with Crippen molar-refractivity contribution >= 4 is 23.3 Å². The summed E-state index contributed by atoms with van der Waals surface area (Å²) in [6.07, 6.45) is 4.38. The lowest BCUT2D eigenvalue weighted by Crippen LogP contribution is -2.51. The molecular formula is C23H27ClN6O2. The number of piperazine rings is 1. The zero-order chi connectivity index (χ0) is 22.7. The van der Waals surface area contributed by atoms with Crippen LogP contribution in [0.2, 0.25) is 5.02 Å². The van der Waals surface area contributed by atoms with E-state index in [1.165, 1.54) is 0 Å². The van der Waals surface area contributed by atoms with Crippen LogP contribution in [0, 0.1) is 18.3 Å². The van der Waals surface area contributed by atoms with Gasteiger partial charge in [-0.25, -0.2) is 0 Å². The number of hydrogen-bond acceptors (Lipinski definition) is 7. The zero-order valence-electron chi connectivity index (χ0n) is 18.1. The molecule has 0 atom stereocenters. The molecule has 0 spiro atoms. The van der Waals surface area contributed by atoms with Gasteiger partial charge in [0.25, 0.3) is 5.91 Å². The van der Waals surface area contributed by atoms with E-state index >= 15 is 0 Å². The van der Waals surface area contributed by atoms with Crippen LogP contribution in [-0.4, -0.2) is 59.3 Å². The fourth-order valence-electron chi connectivity index (χ4n) is 4.53. The Morgan fingerprint density at radius 3 is 2.44 bits per heavy atom. The molecule has 2 fully saturated rings. The van der Waals surface area contributed by atoms with Gasteiger partial charge in [-0.1, -0.05) is 11.6 Å². The second kappa shape index (κ2) is 9.72. The van der Waals surface area contributed by atoms with Crippen LogP contribution < -0.4 is 15.4 Å². The van der Waals surface area contributed by atoms with E-state index in [4.69, 9.17) is 27.3 Å². The Labute approximate surface area is 192 Å². The van der Waals surface area contributed by atoms with E-state index in [9.17, 15) is 4.79 Å². The third-order valence-corrected chi connectivity index (χ3v) is 6.94. The van der Waals surface area contributed by atoms with Crippen molar-refractivity contribution in [3.63, 3.8) is 0 Å². The minimum absolute atomic E-state index is 0.175. The molecule has 1 aromatic heterocycles. The molecule has 8 nitrogen and oxygen atoms in total. The Morgan fingerprint density at radius 1 is 1.12 bits per heavy atom. The third kappa shape index (κ3) is 4.79. The van der Waals surface area contributed by atoms with E-state index in [1.54, 1.807) is 12.1 Å². The van der Waals surface area contributed by atoms with Crippen molar-refractivity contribution in [1.82, 2.24) is 15.1 Å². The molecule has 32 heavy (non-hydrogen) atoms. The average Bonchev–Trinajstić information content (AvgIpc) is 2.83. The van der Waals surface area contributed by atoms with E-state index in [2.05, 4.69) is 26.1 Å². The third-order valence-electron chi connectivity index (χ3n) is 6.45. The fraction of sp³-hybridized carbons (Fsp3) is 0.478. The second-order valence-corrected chi connectivity index (χ2v) is 8.75. The average molecular weight is 455 g/mol. The van der Waals surface area contributed by atoms with Crippen molar-refractivity contribution in [2.24, 2.45) is 5.73 Å². The van der Waals surface area contributed by atoms with Crippen molar-refractivity contribution in [2.45, 2.75) is 44.8 Å². The minimum Gasteiger partial charge on any atom is -0.490 e. The molecule has 1 saturated heterocycles. The first-order chi connectivity index (χ1) is 15.5. The number of ether oxygens (including phenoxy) is 1. The number of benzene rings is 1. The van der Waals surface area contributed by atoms with E-state index in [-0.39, 0.29) is 11.8 Å². The number of rotatable bonds is 5. The Morgan fingerprint density at radius 2 is 1.84 bits per heavy atom. The Bertz CT molecular complexity index is 1010. The summed E-state index contributed by atoms with van der Waals surface area (Å²) in [6.45, 7) is 5.60. The van der Waals surface area contributed by atoms with E-state index < -0.39 is 5.91 Å². The van der Waals surface area contributed by atoms with Crippen LogP contribution in [0.1, 0.15) is 47.3 Å². The Kier molecular flexibility index (Phi) is 6.77. The van der Waals surface area contributed by atoms with Crippen LogP contribution in [0.15, 0.2) is 24.3 Å². The summed E-state index contributed by atoms with van der Waals surface area (Å²) in [7, 11) is 0. The number of anilines is 1. The first-order valence-corrected chi connectivity index (χ1v) is 11.3.